The van der Waals surface area contributed by atoms with E-state index in [-0.39, 0.29) is 29.7 Å². The highest BCUT2D eigenvalue weighted by molar-refractivity contribution is 5.96. The van der Waals surface area contributed by atoms with Crippen molar-refractivity contribution in [1.29, 1.82) is 0 Å². The molecule has 2 rings (SSSR count). The normalized spacial score (nSPS) is 11.5. The molecule has 0 aliphatic heterocycles. The van der Waals surface area contributed by atoms with E-state index < -0.39 is 10.8 Å². The molecule has 7 heteroatoms. The molecule has 0 spiro atoms. The van der Waals surface area contributed by atoms with Crippen molar-refractivity contribution >= 4 is 17.5 Å². The van der Waals surface area contributed by atoms with Gasteiger partial charge in [0, 0.05) is 17.7 Å². The monoisotopic (exact) mass is 355 g/mol. The fraction of sp³-hybridized carbons (Fsp3) is 0.263. The molecule has 0 heterocycles. The van der Waals surface area contributed by atoms with Crippen molar-refractivity contribution in [3.8, 4) is 0 Å². The number of benzene rings is 2. The van der Waals surface area contributed by atoms with Crippen LogP contribution in [-0.2, 0) is 11.2 Å². The number of rotatable bonds is 7. The second-order valence-corrected chi connectivity index (χ2v) is 5.87. The quantitative estimate of drug-likeness (QED) is 0.589. The van der Waals surface area contributed by atoms with Gasteiger partial charge in [0.15, 0.2) is 0 Å². The van der Waals surface area contributed by atoms with Gasteiger partial charge >= 0.3 is 0 Å². The van der Waals surface area contributed by atoms with Crippen molar-refractivity contribution in [1.82, 2.24) is 10.6 Å². The molecule has 2 amide bonds. The summed E-state index contributed by atoms with van der Waals surface area (Å²) in [5, 5.41) is 16.0. The summed E-state index contributed by atoms with van der Waals surface area (Å²) in [6, 6.07) is 13.1. The molecule has 2 aromatic carbocycles. The highest BCUT2D eigenvalue weighted by Gasteiger charge is 2.14. The van der Waals surface area contributed by atoms with Crippen LogP contribution in [0.2, 0.25) is 0 Å². The lowest BCUT2D eigenvalue weighted by Gasteiger charge is -2.15. The Kier molecular flexibility index (Phi) is 6.43. The summed E-state index contributed by atoms with van der Waals surface area (Å²) in [4.78, 5) is 34.2. The number of aryl methyl sites for hydroxylation is 1. The van der Waals surface area contributed by atoms with E-state index in [0.29, 0.717) is 0 Å². The van der Waals surface area contributed by atoms with Crippen LogP contribution >= 0.6 is 0 Å². The fourth-order valence-corrected chi connectivity index (χ4v) is 2.44. The Morgan fingerprint density at radius 1 is 1.15 bits per heavy atom. The molecule has 0 aliphatic carbocycles. The van der Waals surface area contributed by atoms with Gasteiger partial charge in [-0.3, -0.25) is 19.7 Å². The van der Waals surface area contributed by atoms with Crippen LogP contribution < -0.4 is 10.6 Å². The third-order valence-corrected chi connectivity index (χ3v) is 3.99. The minimum Gasteiger partial charge on any atom is -0.348 e. The van der Waals surface area contributed by atoms with E-state index in [4.69, 9.17) is 0 Å². The van der Waals surface area contributed by atoms with E-state index in [9.17, 15) is 19.7 Å². The maximum atomic E-state index is 12.0. The third kappa shape index (κ3) is 5.14. The first-order valence-corrected chi connectivity index (χ1v) is 8.31. The zero-order chi connectivity index (χ0) is 19.1. The van der Waals surface area contributed by atoms with Crippen molar-refractivity contribution in [3.63, 3.8) is 0 Å². The first-order valence-electron chi connectivity index (χ1n) is 8.31. The predicted molar refractivity (Wildman–Crippen MR) is 97.8 cm³/mol. The van der Waals surface area contributed by atoms with Gasteiger partial charge in [-0.1, -0.05) is 37.3 Å². The summed E-state index contributed by atoms with van der Waals surface area (Å²) in [6.07, 6.45) is 0.949. The van der Waals surface area contributed by atoms with Gasteiger partial charge in [-0.25, -0.2) is 0 Å². The van der Waals surface area contributed by atoms with Gasteiger partial charge in [-0.05, 0) is 30.5 Å². The van der Waals surface area contributed by atoms with Gasteiger partial charge in [0.1, 0.15) is 0 Å². The molecule has 1 atom stereocenters. The van der Waals surface area contributed by atoms with Crippen LogP contribution in [0.15, 0.2) is 48.5 Å². The SMILES string of the molecule is CCc1ccc(C(C)NC(=O)CNC(=O)c2cccc([N+](=O)[O-])c2)cc1. The number of hydrogen-bond acceptors (Lipinski definition) is 4. The smallest absolute Gasteiger partial charge is 0.270 e. The lowest BCUT2D eigenvalue weighted by molar-refractivity contribution is -0.384. The average Bonchev–Trinajstić information content (AvgIpc) is 2.66. The molecule has 136 valence electrons. The molecule has 0 aromatic heterocycles. The van der Waals surface area contributed by atoms with Crippen molar-refractivity contribution in [2.45, 2.75) is 26.3 Å². The zero-order valence-electron chi connectivity index (χ0n) is 14.7. The molecule has 26 heavy (non-hydrogen) atoms. The van der Waals surface area contributed by atoms with Crippen molar-refractivity contribution in [2.75, 3.05) is 6.54 Å². The van der Waals surface area contributed by atoms with Crippen LogP contribution in [0.4, 0.5) is 5.69 Å². The van der Waals surface area contributed by atoms with E-state index in [2.05, 4.69) is 17.6 Å². The molecule has 0 fully saturated rings. The molecule has 0 aliphatic rings. The molecule has 0 saturated heterocycles. The first kappa shape index (κ1) is 19.1. The molecular formula is C19H21N3O4. The van der Waals surface area contributed by atoms with E-state index in [1.54, 1.807) is 0 Å². The molecule has 2 N–H and O–H groups in total. The van der Waals surface area contributed by atoms with Gasteiger partial charge < -0.3 is 10.6 Å². The topological polar surface area (TPSA) is 101 Å². The summed E-state index contributed by atoms with van der Waals surface area (Å²) in [5.41, 5.74) is 2.15. The number of nitrogens with one attached hydrogen (secondary N) is 2. The second-order valence-electron chi connectivity index (χ2n) is 5.87. The number of carbonyl (C=O) groups is 2. The van der Waals surface area contributed by atoms with Crippen LogP contribution in [0.1, 0.15) is 41.4 Å². The van der Waals surface area contributed by atoms with Crippen LogP contribution in [0.5, 0.6) is 0 Å². The molecule has 1 unspecified atom stereocenters. The summed E-state index contributed by atoms with van der Waals surface area (Å²) >= 11 is 0. The van der Waals surface area contributed by atoms with E-state index in [1.165, 1.54) is 29.8 Å². The Morgan fingerprint density at radius 3 is 2.46 bits per heavy atom. The molecule has 7 nitrogen and oxygen atoms in total. The Hall–Kier alpha value is -3.22. The van der Waals surface area contributed by atoms with E-state index >= 15 is 0 Å². The maximum Gasteiger partial charge on any atom is 0.270 e. The Balaban J connectivity index is 1.88. The number of amides is 2. The molecular weight excluding hydrogens is 334 g/mol. The number of nitrogens with zero attached hydrogens (tertiary/aromatic N) is 1. The van der Waals surface area contributed by atoms with Gasteiger partial charge in [-0.2, -0.15) is 0 Å². The van der Waals surface area contributed by atoms with E-state index in [1.807, 2.05) is 31.2 Å². The zero-order valence-corrected chi connectivity index (χ0v) is 14.7. The van der Waals surface area contributed by atoms with Crippen LogP contribution in [0.3, 0.4) is 0 Å². The van der Waals surface area contributed by atoms with Crippen LogP contribution in [-0.4, -0.2) is 23.3 Å². The van der Waals surface area contributed by atoms with Crippen molar-refractivity contribution in [2.24, 2.45) is 0 Å². The van der Waals surface area contributed by atoms with Gasteiger partial charge in [-0.15, -0.1) is 0 Å². The highest BCUT2D eigenvalue weighted by atomic mass is 16.6. The van der Waals surface area contributed by atoms with Crippen LogP contribution in [0.25, 0.3) is 0 Å². The maximum absolute atomic E-state index is 12.0. The Bertz CT molecular complexity index is 803. The van der Waals surface area contributed by atoms with E-state index in [0.717, 1.165) is 12.0 Å². The summed E-state index contributed by atoms with van der Waals surface area (Å²) in [7, 11) is 0. The molecule has 2 aromatic rings. The van der Waals surface area contributed by atoms with Crippen molar-refractivity contribution in [3.05, 3.63) is 75.3 Å². The number of hydrogen-bond donors (Lipinski definition) is 2. The number of nitro benzene ring substituents is 1. The summed E-state index contributed by atoms with van der Waals surface area (Å²) in [6.45, 7) is 3.73. The Morgan fingerprint density at radius 2 is 1.85 bits per heavy atom. The second kappa shape index (κ2) is 8.75. The molecule has 0 saturated carbocycles. The molecule has 0 radical (unpaired) electrons. The number of carbonyl (C=O) groups excluding carboxylic acids is 2. The largest absolute Gasteiger partial charge is 0.348 e. The van der Waals surface area contributed by atoms with Gasteiger partial charge in [0.2, 0.25) is 5.91 Å². The Labute approximate surface area is 151 Å². The molecule has 0 bridgehead atoms. The van der Waals surface area contributed by atoms with Gasteiger partial charge in [0.05, 0.1) is 17.5 Å². The summed E-state index contributed by atoms with van der Waals surface area (Å²) < 4.78 is 0. The van der Waals surface area contributed by atoms with Gasteiger partial charge in [0.25, 0.3) is 11.6 Å². The van der Waals surface area contributed by atoms with Crippen LogP contribution in [0, 0.1) is 10.1 Å². The number of non-ortho nitro benzene ring substituents is 1. The first-order chi connectivity index (χ1) is 12.4. The van der Waals surface area contributed by atoms with Crippen molar-refractivity contribution < 1.29 is 14.5 Å². The average molecular weight is 355 g/mol. The fourth-order valence-electron chi connectivity index (χ4n) is 2.44. The minimum atomic E-state index is -0.574. The predicted octanol–water partition coefficient (Wildman–Crippen LogP) is 2.76. The lowest BCUT2D eigenvalue weighted by atomic mass is 10.1. The third-order valence-electron chi connectivity index (χ3n) is 3.99. The minimum absolute atomic E-state index is 0.134. The lowest BCUT2D eigenvalue weighted by Crippen LogP contribution is -2.38. The standard InChI is InChI=1S/C19H21N3O4/c1-3-14-7-9-15(10-8-14)13(2)21-18(23)12-20-19(24)16-5-4-6-17(11-16)22(25)26/h4-11,13H,3,12H2,1-2H3,(H,20,24)(H,21,23). The highest BCUT2D eigenvalue weighted by Crippen LogP contribution is 2.14. The number of nitro groups is 1. The summed E-state index contributed by atoms with van der Waals surface area (Å²) in [5.74, 6) is -0.875.